The SMILES string of the molecule is CC=C=CC(=O)C=C=CC. The number of carbonyl (C=O) groups is 1. The van der Waals surface area contributed by atoms with Crippen LogP contribution in [0.4, 0.5) is 0 Å². The van der Waals surface area contributed by atoms with Gasteiger partial charge in [0.05, 0.1) is 0 Å². The molecule has 1 nitrogen and oxygen atoms in total. The Hall–Kier alpha value is -1.29. The van der Waals surface area contributed by atoms with Crippen molar-refractivity contribution in [2.75, 3.05) is 0 Å². The number of ketones is 1. The van der Waals surface area contributed by atoms with Crippen molar-refractivity contribution in [3.05, 3.63) is 35.8 Å². The van der Waals surface area contributed by atoms with Gasteiger partial charge in [-0.1, -0.05) is 0 Å². The zero-order chi connectivity index (χ0) is 7.82. The van der Waals surface area contributed by atoms with Crippen molar-refractivity contribution in [1.29, 1.82) is 0 Å². The van der Waals surface area contributed by atoms with Crippen molar-refractivity contribution in [3.8, 4) is 0 Å². The highest BCUT2D eigenvalue weighted by atomic mass is 16.1. The fourth-order valence-corrected chi connectivity index (χ4v) is 0.373. The van der Waals surface area contributed by atoms with Crippen molar-refractivity contribution in [2.45, 2.75) is 13.8 Å². The van der Waals surface area contributed by atoms with Crippen LogP contribution in [0.3, 0.4) is 0 Å². The van der Waals surface area contributed by atoms with Gasteiger partial charge in [0, 0.05) is 12.2 Å². The van der Waals surface area contributed by atoms with E-state index in [0.717, 1.165) is 0 Å². The molecule has 0 aliphatic rings. The van der Waals surface area contributed by atoms with E-state index < -0.39 is 0 Å². The van der Waals surface area contributed by atoms with Crippen LogP contribution in [-0.2, 0) is 4.79 Å². The number of hydrogen-bond acceptors (Lipinski definition) is 1. The van der Waals surface area contributed by atoms with Gasteiger partial charge in [0.25, 0.3) is 0 Å². The molecule has 0 saturated heterocycles. The topological polar surface area (TPSA) is 17.1 Å². The first-order valence-corrected chi connectivity index (χ1v) is 3.09. The molecule has 52 valence electrons. The van der Waals surface area contributed by atoms with Gasteiger partial charge in [-0.3, -0.25) is 4.79 Å². The van der Waals surface area contributed by atoms with Gasteiger partial charge >= 0.3 is 0 Å². The lowest BCUT2D eigenvalue weighted by Gasteiger charge is -1.71. The summed E-state index contributed by atoms with van der Waals surface area (Å²) < 4.78 is 0. The molecule has 0 amide bonds. The lowest BCUT2D eigenvalue weighted by molar-refractivity contribution is -0.110. The Balaban J connectivity index is 4.13. The van der Waals surface area contributed by atoms with E-state index in [9.17, 15) is 4.79 Å². The van der Waals surface area contributed by atoms with Crippen molar-refractivity contribution in [3.63, 3.8) is 0 Å². The predicted octanol–water partition coefficient (Wildman–Crippen LogP) is 2.02. The van der Waals surface area contributed by atoms with Gasteiger partial charge in [0.2, 0.25) is 0 Å². The smallest absolute Gasteiger partial charge is 0.193 e. The highest BCUT2D eigenvalue weighted by molar-refractivity contribution is 5.98. The van der Waals surface area contributed by atoms with Crippen molar-refractivity contribution >= 4 is 5.78 Å². The average Bonchev–Trinajstić information content (AvgIpc) is 1.97. The average molecular weight is 134 g/mol. The van der Waals surface area contributed by atoms with E-state index in [1.807, 2.05) is 13.8 Å². The molecule has 0 aliphatic carbocycles. The maximum Gasteiger partial charge on any atom is 0.193 e. The Morgan fingerprint density at radius 3 is 1.80 bits per heavy atom. The molecular formula is C9H10O. The summed E-state index contributed by atoms with van der Waals surface area (Å²) in [6.45, 7) is 3.62. The van der Waals surface area contributed by atoms with Gasteiger partial charge in [0.1, 0.15) is 0 Å². The molecule has 0 N–H and O–H groups in total. The third-order valence-corrected chi connectivity index (χ3v) is 0.785. The zero-order valence-electron chi connectivity index (χ0n) is 6.22. The van der Waals surface area contributed by atoms with Crippen LogP contribution in [0.1, 0.15) is 13.8 Å². The number of allylic oxidation sites excluding steroid dienone is 2. The second-order valence-electron chi connectivity index (χ2n) is 1.60. The molecular weight excluding hydrogens is 124 g/mol. The minimum atomic E-state index is -0.0869. The first kappa shape index (κ1) is 8.71. The highest BCUT2D eigenvalue weighted by Gasteiger charge is 1.81. The molecule has 0 unspecified atom stereocenters. The number of hydrogen-bond donors (Lipinski definition) is 0. The molecule has 0 fully saturated rings. The lowest BCUT2D eigenvalue weighted by atomic mass is 10.3. The molecule has 0 aliphatic heterocycles. The van der Waals surface area contributed by atoms with Gasteiger partial charge in [0.15, 0.2) is 5.78 Å². The molecule has 0 aromatic carbocycles. The van der Waals surface area contributed by atoms with E-state index in [1.165, 1.54) is 12.2 Å². The van der Waals surface area contributed by atoms with E-state index in [0.29, 0.717) is 0 Å². The molecule has 0 bridgehead atoms. The molecule has 0 spiro atoms. The minimum absolute atomic E-state index is 0.0869. The number of rotatable bonds is 2. The maximum absolute atomic E-state index is 10.7. The highest BCUT2D eigenvalue weighted by Crippen LogP contribution is 1.76. The van der Waals surface area contributed by atoms with Crippen LogP contribution in [0.2, 0.25) is 0 Å². The minimum Gasteiger partial charge on any atom is -0.289 e. The lowest BCUT2D eigenvalue weighted by Crippen LogP contribution is -1.80. The first-order valence-electron chi connectivity index (χ1n) is 3.09. The van der Waals surface area contributed by atoms with Crippen LogP contribution in [-0.4, -0.2) is 5.78 Å². The fraction of sp³-hybridized carbons (Fsp3) is 0.222. The standard InChI is InChI=1S/C9H10O/c1-3-5-7-9(10)8-6-4-2/h3-4,7-8H,1-2H3. The molecule has 0 atom stereocenters. The summed E-state index contributed by atoms with van der Waals surface area (Å²) in [5.74, 6) is -0.0869. The van der Waals surface area contributed by atoms with Crippen molar-refractivity contribution < 1.29 is 4.79 Å². The Kier molecular flexibility index (Phi) is 5.09. The molecule has 0 rings (SSSR count). The van der Waals surface area contributed by atoms with Crippen molar-refractivity contribution in [2.24, 2.45) is 0 Å². The first-order chi connectivity index (χ1) is 4.81. The van der Waals surface area contributed by atoms with E-state index >= 15 is 0 Å². The predicted molar refractivity (Wildman–Crippen MR) is 41.7 cm³/mol. The van der Waals surface area contributed by atoms with Crippen LogP contribution < -0.4 is 0 Å². The fourth-order valence-electron chi connectivity index (χ4n) is 0.373. The Morgan fingerprint density at radius 2 is 1.50 bits per heavy atom. The van der Waals surface area contributed by atoms with Gasteiger partial charge in [-0.05, 0) is 26.0 Å². The molecule has 1 heteroatoms. The van der Waals surface area contributed by atoms with Gasteiger partial charge in [-0.15, -0.1) is 11.5 Å². The second kappa shape index (κ2) is 5.84. The zero-order valence-corrected chi connectivity index (χ0v) is 6.22. The monoisotopic (exact) mass is 134 g/mol. The molecule has 0 saturated carbocycles. The van der Waals surface area contributed by atoms with E-state index in [4.69, 9.17) is 0 Å². The molecule has 0 heterocycles. The van der Waals surface area contributed by atoms with Crippen LogP contribution in [0.25, 0.3) is 0 Å². The largest absolute Gasteiger partial charge is 0.289 e. The summed E-state index contributed by atoms with van der Waals surface area (Å²) in [5, 5.41) is 0. The van der Waals surface area contributed by atoms with Crippen LogP contribution >= 0.6 is 0 Å². The van der Waals surface area contributed by atoms with E-state index in [2.05, 4.69) is 11.5 Å². The quantitative estimate of drug-likeness (QED) is 0.417. The summed E-state index contributed by atoms with van der Waals surface area (Å²) in [6.07, 6.45) is 6.11. The van der Waals surface area contributed by atoms with Crippen LogP contribution in [0.5, 0.6) is 0 Å². The van der Waals surface area contributed by atoms with Crippen LogP contribution in [0, 0.1) is 0 Å². The maximum atomic E-state index is 10.7. The summed E-state index contributed by atoms with van der Waals surface area (Å²) in [5.41, 5.74) is 5.34. The summed E-state index contributed by atoms with van der Waals surface area (Å²) >= 11 is 0. The molecule has 10 heavy (non-hydrogen) atoms. The Labute approximate surface area is 61.1 Å². The van der Waals surface area contributed by atoms with Gasteiger partial charge in [-0.2, -0.15) is 0 Å². The Bertz CT molecular complexity index is 197. The summed E-state index contributed by atoms with van der Waals surface area (Å²) in [6, 6.07) is 0. The summed E-state index contributed by atoms with van der Waals surface area (Å²) in [7, 11) is 0. The third kappa shape index (κ3) is 4.86. The molecule has 0 radical (unpaired) electrons. The Morgan fingerprint density at radius 1 is 1.10 bits per heavy atom. The number of carbonyl (C=O) groups excluding carboxylic acids is 1. The third-order valence-electron chi connectivity index (χ3n) is 0.785. The van der Waals surface area contributed by atoms with Crippen molar-refractivity contribution in [1.82, 2.24) is 0 Å². The van der Waals surface area contributed by atoms with E-state index in [-0.39, 0.29) is 5.78 Å². The molecule has 0 aromatic heterocycles. The second-order valence-corrected chi connectivity index (χ2v) is 1.60. The van der Waals surface area contributed by atoms with Gasteiger partial charge < -0.3 is 0 Å². The van der Waals surface area contributed by atoms with E-state index in [1.54, 1.807) is 12.2 Å². The summed E-state index contributed by atoms with van der Waals surface area (Å²) in [4.78, 5) is 10.7. The van der Waals surface area contributed by atoms with Crippen LogP contribution in [0.15, 0.2) is 35.8 Å². The molecule has 0 aromatic rings. The van der Waals surface area contributed by atoms with Gasteiger partial charge in [-0.25, -0.2) is 0 Å². The normalized spacial score (nSPS) is 6.60.